The molecule has 3 rings (SSSR count). The summed E-state index contributed by atoms with van der Waals surface area (Å²) < 4.78 is 25.9. The molecule has 2 N–H and O–H groups in total. The average molecular weight is 293 g/mol. The van der Waals surface area contributed by atoms with E-state index >= 15 is 0 Å². The zero-order valence-corrected chi connectivity index (χ0v) is 11.1. The quantitative estimate of drug-likeness (QED) is 0.871. The highest BCUT2D eigenvalue weighted by Crippen LogP contribution is 2.28. The Morgan fingerprint density at radius 2 is 2.05 bits per heavy atom. The number of aromatic nitrogens is 2. The van der Waals surface area contributed by atoms with E-state index in [9.17, 15) is 13.2 Å². The number of imidazole rings is 1. The number of rotatable bonds is 3. The molecule has 1 aliphatic rings. The number of nitrogens with one attached hydrogen (secondary N) is 1. The van der Waals surface area contributed by atoms with E-state index in [0.717, 1.165) is 5.56 Å². The molecular weight excluding hydrogens is 282 g/mol. The van der Waals surface area contributed by atoms with Gasteiger partial charge in [-0.1, -0.05) is 6.07 Å². The molecule has 0 bridgehead atoms. The van der Waals surface area contributed by atoms with Gasteiger partial charge in [-0.3, -0.25) is 0 Å². The van der Waals surface area contributed by atoms with Crippen molar-refractivity contribution in [1.29, 1.82) is 0 Å². The summed E-state index contributed by atoms with van der Waals surface area (Å²) in [5.74, 6) is -1.03. The number of aromatic amines is 1. The van der Waals surface area contributed by atoms with Crippen molar-refractivity contribution >= 4 is 16.0 Å². The molecule has 0 fully saturated rings. The van der Waals surface area contributed by atoms with E-state index in [1.807, 2.05) is 0 Å². The van der Waals surface area contributed by atoms with Gasteiger partial charge >= 0.3 is 5.97 Å². The molecule has 8 heteroatoms. The van der Waals surface area contributed by atoms with Crippen LogP contribution in [0.5, 0.6) is 0 Å². The van der Waals surface area contributed by atoms with Crippen molar-refractivity contribution in [2.75, 3.05) is 0 Å². The molecule has 0 unspecified atom stereocenters. The third-order valence-corrected chi connectivity index (χ3v) is 4.95. The van der Waals surface area contributed by atoms with Gasteiger partial charge in [0.25, 0.3) is 10.0 Å². The first-order valence-electron chi connectivity index (χ1n) is 5.82. The van der Waals surface area contributed by atoms with Crippen LogP contribution < -0.4 is 0 Å². The summed E-state index contributed by atoms with van der Waals surface area (Å²) in [6, 6.07) is 4.65. The fourth-order valence-corrected chi connectivity index (χ4v) is 3.48. The molecule has 20 heavy (non-hydrogen) atoms. The largest absolute Gasteiger partial charge is 0.478 e. The van der Waals surface area contributed by atoms with Crippen molar-refractivity contribution in [3.8, 4) is 0 Å². The summed E-state index contributed by atoms with van der Waals surface area (Å²) in [6.07, 6.45) is 2.56. The number of benzene rings is 1. The van der Waals surface area contributed by atoms with Gasteiger partial charge in [-0.05, 0) is 23.3 Å². The normalized spacial score (nSPS) is 15.2. The highest BCUT2D eigenvalue weighted by atomic mass is 32.2. The Bertz CT molecular complexity index is 768. The van der Waals surface area contributed by atoms with Gasteiger partial charge in [-0.25, -0.2) is 18.2 Å². The first-order chi connectivity index (χ1) is 9.48. The second kappa shape index (κ2) is 4.43. The topological polar surface area (TPSA) is 103 Å². The summed E-state index contributed by atoms with van der Waals surface area (Å²) >= 11 is 0. The third-order valence-electron chi connectivity index (χ3n) is 3.24. The lowest BCUT2D eigenvalue weighted by Gasteiger charge is -2.13. The van der Waals surface area contributed by atoms with Crippen molar-refractivity contribution < 1.29 is 18.3 Å². The van der Waals surface area contributed by atoms with Crippen LogP contribution >= 0.6 is 0 Å². The first-order valence-corrected chi connectivity index (χ1v) is 7.26. The second-order valence-corrected chi connectivity index (χ2v) is 6.38. The lowest BCUT2D eigenvalue weighted by Crippen LogP contribution is -2.25. The van der Waals surface area contributed by atoms with Crippen LogP contribution in [0.4, 0.5) is 0 Å². The van der Waals surface area contributed by atoms with Crippen molar-refractivity contribution in [3.05, 3.63) is 47.4 Å². The van der Waals surface area contributed by atoms with E-state index in [4.69, 9.17) is 5.11 Å². The van der Waals surface area contributed by atoms with Crippen molar-refractivity contribution in [1.82, 2.24) is 14.3 Å². The standard InChI is InChI=1S/C12H11N3O4S/c16-12(17)8-1-2-9-5-15(6-10(9)3-8)20(18,19)11-4-13-7-14-11/h1-4,7H,5-6H2,(H,13,14)(H,16,17). The van der Waals surface area contributed by atoms with Gasteiger partial charge in [0.1, 0.15) is 0 Å². The summed E-state index contributed by atoms with van der Waals surface area (Å²) in [7, 11) is -3.63. The zero-order valence-electron chi connectivity index (χ0n) is 10.3. The minimum absolute atomic E-state index is 0.0313. The Labute approximate surface area is 114 Å². The predicted molar refractivity (Wildman–Crippen MR) is 68.4 cm³/mol. The van der Waals surface area contributed by atoms with Gasteiger partial charge in [0.15, 0.2) is 5.03 Å². The maximum absolute atomic E-state index is 12.3. The highest BCUT2D eigenvalue weighted by molar-refractivity contribution is 7.89. The SMILES string of the molecule is O=C(O)c1ccc2c(c1)CN(S(=O)(=O)c1cnc[nH]1)C2. The highest BCUT2D eigenvalue weighted by Gasteiger charge is 2.31. The molecule has 0 atom stereocenters. The number of hydrogen-bond acceptors (Lipinski definition) is 4. The Morgan fingerprint density at radius 1 is 1.30 bits per heavy atom. The monoisotopic (exact) mass is 293 g/mol. The van der Waals surface area contributed by atoms with E-state index in [2.05, 4.69) is 9.97 Å². The second-order valence-electron chi connectivity index (χ2n) is 4.48. The van der Waals surface area contributed by atoms with Crippen LogP contribution in [0, 0.1) is 0 Å². The lowest BCUT2D eigenvalue weighted by atomic mass is 10.1. The molecule has 0 amide bonds. The molecule has 2 heterocycles. The van der Waals surface area contributed by atoms with Gasteiger partial charge in [-0.15, -0.1) is 0 Å². The van der Waals surface area contributed by atoms with Gasteiger partial charge < -0.3 is 10.1 Å². The molecule has 104 valence electrons. The molecule has 0 saturated carbocycles. The average Bonchev–Trinajstić information content (AvgIpc) is 3.07. The summed E-state index contributed by atoms with van der Waals surface area (Å²) in [5, 5.41) is 8.98. The number of H-pyrrole nitrogens is 1. The van der Waals surface area contributed by atoms with E-state index in [1.165, 1.54) is 29.0 Å². The van der Waals surface area contributed by atoms with Crippen molar-refractivity contribution in [2.45, 2.75) is 18.1 Å². The van der Waals surface area contributed by atoms with E-state index in [-0.39, 0.29) is 23.7 Å². The van der Waals surface area contributed by atoms with Crippen molar-refractivity contribution in [2.24, 2.45) is 0 Å². The minimum atomic E-state index is -3.63. The lowest BCUT2D eigenvalue weighted by molar-refractivity contribution is 0.0696. The van der Waals surface area contributed by atoms with Crippen LogP contribution in [0.3, 0.4) is 0 Å². The molecular formula is C12H11N3O4S. The van der Waals surface area contributed by atoms with Crippen LogP contribution in [0.2, 0.25) is 0 Å². The van der Waals surface area contributed by atoms with Crippen LogP contribution in [-0.4, -0.2) is 33.8 Å². The van der Waals surface area contributed by atoms with Gasteiger partial charge in [0.05, 0.1) is 18.1 Å². The molecule has 2 aromatic rings. The summed E-state index contributed by atoms with van der Waals surface area (Å²) in [4.78, 5) is 17.2. The number of aromatic carboxylic acids is 1. The van der Waals surface area contributed by atoms with E-state index in [0.29, 0.717) is 5.56 Å². The fourth-order valence-electron chi connectivity index (χ4n) is 2.19. The fraction of sp³-hybridized carbons (Fsp3) is 0.167. The Balaban J connectivity index is 1.93. The maximum atomic E-state index is 12.3. The number of fused-ring (bicyclic) bond motifs is 1. The predicted octanol–water partition coefficient (Wildman–Crippen LogP) is 0.812. The van der Waals surface area contributed by atoms with Gasteiger partial charge in [0.2, 0.25) is 0 Å². The number of carboxylic acids is 1. The number of carboxylic acid groups (broad SMARTS) is 1. The number of sulfonamides is 1. The smallest absolute Gasteiger partial charge is 0.335 e. The minimum Gasteiger partial charge on any atom is -0.478 e. The Morgan fingerprint density at radius 3 is 2.70 bits per heavy atom. The Kier molecular flexibility index (Phi) is 2.84. The zero-order chi connectivity index (χ0) is 14.3. The van der Waals surface area contributed by atoms with Gasteiger partial charge in [-0.2, -0.15) is 4.31 Å². The number of nitrogens with zero attached hydrogens (tertiary/aromatic N) is 2. The summed E-state index contributed by atoms with van der Waals surface area (Å²) in [5.41, 5.74) is 1.69. The van der Waals surface area contributed by atoms with Crippen LogP contribution in [-0.2, 0) is 23.1 Å². The van der Waals surface area contributed by atoms with Crippen LogP contribution in [0.25, 0.3) is 0 Å². The molecule has 1 aromatic carbocycles. The first kappa shape index (κ1) is 12.8. The van der Waals surface area contributed by atoms with Crippen LogP contribution in [0.1, 0.15) is 21.5 Å². The summed E-state index contributed by atoms with van der Waals surface area (Å²) in [6.45, 7) is 0.397. The Hall–Kier alpha value is -2.19. The molecule has 1 aromatic heterocycles. The molecule has 1 aliphatic heterocycles. The molecule has 0 aliphatic carbocycles. The maximum Gasteiger partial charge on any atom is 0.335 e. The van der Waals surface area contributed by atoms with Crippen molar-refractivity contribution in [3.63, 3.8) is 0 Å². The molecule has 0 radical (unpaired) electrons. The number of hydrogen-bond donors (Lipinski definition) is 2. The molecule has 0 spiro atoms. The molecule has 7 nitrogen and oxygen atoms in total. The van der Waals surface area contributed by atoms with E-state index in [1.54, 1.807) is 6.07 Å². The third kappa shape index (κ3) is 1.98. The van der Waals surface area contributed by atoms with Crippen LogP contribution in [0.15, 0.2) is 35.7 Å². The molecule has 0 saturated heterocycles. The number of carbonyl (C=O) groups is 1. The van der Waals surface area contributed by atoms with Gasteiger partial charge in [0, 0.05) is 13.1 Å². The van der Waals surface area contributed by atoms with E-state index < -0.39 is 16.0 Å².